The fourth-order valence-electron chi connectivity index (χ4n) is 1.83. The van der Waals surface area contributed by atoms with Crippen LogP contribution in [0.5, 0.6) is 0 Å². The van der Waals surface area contributed by atoms with Gasteiger partial charge in [0.05, 0.1) is 10.6 Å². The SMILES string of the molecule is CC(O)(CSc1c(N)cc(Cl)cc1Cl)c1ccccc1. The van der Waals surface area contributed by atoms with Crippen LogP contribution < -0.4 is 5.73 Å². The summed E-state index contributed by atoms with van der Waals surface area (Å²) in [6.07, 6.45) is 0. The van der Waals surface area contributed by atoms with Crippen LogP contribution in [0.4, 0.5) is 5.69 Å². The Morgan fingerprint density at radius 3 is 2.45 bits per heavy atom. The summed E-state index contributed by atoms with van der Waals surface area (Å²) in [4.78, 5) is 0.743. The summed E-state index contributed by atoms with van der Waals surface area (Å²) < 4.78 is 0. The van der Waals surface area contributed by atoms with Crippen molar-refractivity contribution in [1.82, 2.24) is 0 Å². The quantitative estimate of drug-likeness (QED) is 0.638. The van der Waals surface area contributed by atoms with Crippen molar-refractivity contribution < 1.29 is 5.11 Å². The lowest BCUT2D eigenvalue weighted by Crippen LogP contribution is -2.24. The van der Waals surface area contributed by atoms with Crippen molar-refractivity contribution in [2.24, 2.45) is 0 Å². The Morgan fingerprint density at radius 2 is 1.85 bits per heavy atom. The van der Waals surface area contributed by atoms with Gasteiger partial charge >= 0.3 is 0 Å². The standard InChI is InChI=1S/C15H15Cl2NOS/c1-15(19,10-5-3-2-4-6-10)9-20-14-12(17)7-11(16)8-13(14)18/h2-8,19H,9,18H2,1H3. The van der Waals surface area contributed by atoms with E-state index in [9.17, 15) is 5.11 Å². The van der Waals surface area contributed by atoms with Gasteiger partial charge in [0.15, 0.2) is 0 Å². The molecule has 2 aromatic rings. The van der Waals surface area contributed by atoms with Gasteiger partial charge in [0, 0.05) is 21.4 Å². The van der Waals surface area contributed by atoms with Gasteiger partial charge < -0.3 is 10.8 Å². The molecule has 0 radical (unpaired) electrons. The average Bonchev–Trinajstić information content (AvgIpc) is 2.38. The zero-order valence-electron chi connectivity index (χ0n) is 10.9. The normalized spacial score (nSPS) is 14.0. The van der Waals surface area contributed by atoms with Crippen molar-refractivity contribution in [1.29, 1.82) is 0 Å². The van der Waals surface area contributed by atoms with Gasteiger partial charge in [-0.2, -0.15) is 0 Å². The topological polar surface area (TPSA) is 46.2 Å². The zero-order valence-corrected chi connectivity index (χ0v) is 13.3. The van der Waals surface area contributed by atoms with Crippen LogP contribution in [0, 0.1) is 0 Å². The molecule has 0 aliphatic carbocycles. The van der Waals surface area contributed by atoms with Crippen molar-refractivity contribution in [3.63, 3.8) is 0 Å². The number of aliphatic hydroxyl groups is 1. The molecular weight excluding hydrogens is 313 g/mol. The minimum absolute atomic E-state index is 0.447. The van der Waals surface area contributed by atoms with Crippen LogP contribution >= 0.6 is 35.0 Å². The number of thioether (sulfide) groups is 1. The van der Waals surface area contributed by atoms with Gasteiger partial charge in [0.25, 0.3) is 0 Å². The highest BCUT2D eigenvalue weighted by atomic mass is 35.5. The molecular formula is C15H15Cl2NOS. The third-order valence-electron chi connectivity index (χ3n) is 2.93. The Morgan fingerprint density at radius 1 is 1.20 bits per heavy atom. The molecule has 0 spiro atoms. The van der Waals surface area contributed by atoms with Crippen molar-refractivity contribution in [2.75, 3.05) is 11.5 Å². The highest BCUT2D eigenvalue weighted by Gasteiger charge is 2.24. The molecule has 2 nitrogen and oxygen atoms in total. The Kier molecular flexibility index (Phi) is 4.86. The van der Waals surface area contributed by atoms with Crippen LogP contribution in [0.15, 0.2) is 47.4 Å². The molecule has 20 heavy (non-hydrogen) atoms. The first-order valence-electron chi connectivity index (χ1n) is 6.05. The lowest BCUT2D eigenvalue weighted by molar-refractivity contribution is 0.0839. The minimum atomic E-state index is -0.957. The monoisotopic (exact) mass is 327 g/mol. The molecule has 5 heteroatoms. The molecule has 2 rings (SSSR count). The number of rotatable bonds is 4. The van der Waals surface area contributed by atoms with Crippen LogP contribution in [0.3, 0.4) is 0 Å². The van der Waals surface area contributed by atoms with Crippen molar-refractivity contribution in [2.45, 2.75) is 17.4 Å². The number of hydrogen-bond acceptors (Lipinski definition) is 3. The van der Waals surface area contributed by atoms with E-state index < -0.39 is 5.60 Å². The van der Waals surface area contributed by atoms with E-state index in [0.717, 1.165) is 10.5 Å². The van der Waals surface area contributed by atoms with Gasteiger partial charge in [-0.15, -0.1) is 11.8 Å². The highest BCUT2D eigenvalue weighted by molar-refractivity contribution is 7.99. The van der Waals surface area contributed by atoms with Crippen LogP contribution in [-0.2, 0) is 5.60 Å². The molecule has 1 unspecified atom stereocenters. The third-order valence-corrected chi connectivity index (χ3v) is 5.01. The molecule has 3 N–H and O–H groups in total. The minimum Gasteiger partial charge on any atom is -0.398 e. The molecule has 0 aliphatic rings. The number of anilines is 1. The molecule has 1 atom stereocenters. The lowest BCUT2D eigenvalue weighted by atomic mass is 9.99. The fraction of sp³-hybridized carbons (Fsp3) is 0.200. The second-order valence-corrected chi connectivity index (χ2v) is 6.56. The molecule has 106 valence electrons. The van der Waals surface area contributed by atoms with Gasteiger partial charge in [0.2, 0.25) is 0 Å². The van der Waals surface area contributed by atoms with Crippen molar-refractivity contribution in [3.05, 3.63) is 58.1 Å². The first kappa shape index (κ1) is 15.5. The second-order valence-electron chi connectivity index (χ2n) is 4.73. The van der Waals surface area contributed by atoms with E-state index in [1.54, 1.807) is 19.1 Å². The van der Waals surface area contributed by atoms with E-state index in [-0.39, 0.29) is 0 Å². The van der Waals surface area contributed by atoms with E-state index in [1.165, 1.54) is 11.8 Å². The summed E-state index contributed by atoms with van der Waals surface area (Å²) >= 11 is 13.4. The van der Waals surface area contributed by atoms with Gasteiger partial charge in [-0.25, -0.2) is 0 Å². The molecule has 0 aromatic heterocycles. The van der Waals surface area contributed by atoms with Crippen LogP contribution in [0.1, 0.15) is 12.5 Å². The molecule has 0 saturated carbocycles. The van der Waals surface area contributed by atoms with Crippen molar-refractivity contribution in [3.8, 4) is 0 Å². The summed E-state index contributed by atoms with van der Waals surface area (Å²) in [6, 6.07) is 12.8. The highest BCUT2D eigenvalue weighted by Crippen LogP contribution is 2.38. The van der Waals surface area contributed by atoms with E-state index >= 15 is 0 Å². The Balaban J connectivity index is 2.17. The molecule has 0 amide bonds. The largest absolute Gasteiger partial charge is 0.398 e. The van der Waals surface area contributed by atoms with Gasteiger partial charge in [-0.1, -0.05) is 53.5 Å². The Bertz CT molecular complexity index is 579. The molecule has 0 saturated heterocycles. The fourth-order valence-corrected chi connectivity index (χ4v) is 3.51. The van der Waals surface area contributed by atoms with E-state index in [2.05, 4.69) is 0 Å². The maximum Gasteiger partial charge on any atom is 0.0962 e. The summed E-state index contributed by atoms with van der Waals surface area (Å²) in [5.74, 6) is 0.447. The molecule has 0 bridgehead atoms. The van der Waals surface area contributed by atoms with Gasteiger partial charge in [0.1, 0.15) is 0 Å². The van der Waals surface area contributed by atoms with E-state index in [4.69, 9.17) is 28.9 Å². The summed E-state index contributed by atoms with van der Waals surface area (Å²) in [7, 11) is 0. The van der Waals surface area contributed by atoms with Crippen LogP contribution in [0.25, 0.3) is 0 Å². The summed E-state index contributed by atoms with van der Waals surface area (Å²) in [5, 5.41) is 11.6. The predicted octanol–water partition coefficient (Wildman–Crippen LogP) is 4.58. The van der Waals surface area contributed by atoms with Gasteiger partial charge in [-0.05, 0) is 24.6 Å². The summed E-state index contributed by atoms with van der Waals surface area (Å²) in [6.45, 7) is 1.77. The summed E-state index contributed by atoms with van der Waals surface area (Å²) in [5.41, 5.74) is 6.34. The maximum atomic E-state index is 10.6. The maximum absolute atomic E-state index is 10.6. The average molecular weight is 328 g/mol. The molecule has 0 heterocycles. The number of hydrogen-bond donors (Lipinski definition) is 2. The van der Waals surface area contributed by atoms with Gasteiger partial charge in [-0.3, -0.25) is 0 Å². The van der Waals surface area contributed by atoms with Crippen LogP contribution in [-0.4, -0.2) is 10.9 Å². The van der Waals surface area contributed by atoms with Crippen molar-refractivity contribution >= 4 is 40.7 Å². The number of nitrogens with two attached hydrogens (primary N) is 1. The van der Waals surface area contributed by atoms with E-state index in [1.807, 2.05) is 30.3 Å². The lowest BCUT2D eigenvalue weighted by Gasteiger charge is -2.24. The zero-order chi connectivity index (χ0) is 14.8. The smallest absolute Gasteiger partial charge is 0.0962 e. The predicted molar refractivity (Wildman–Crippen MR) is 87.6 cm³/mol. The first-order chi connectivity index (χ1) is 9.40. The Labute approximate surface area is 132 Å². The Hall–Kier alpha value is -0.870. The molecule has 2 aromatic carbocycles. The number of benzene rings is 2. The van der Waals surface area contributed by atoms with E-state index in [0.29, 0.717) is 21.5 Å². The second kappa shape index (κ2) is 6.27. The number of nitrogen functional groups attached to an aromatic ring is 1. The molecule has 0 fully saturated rings. The molecule has 0 aliphatic heterocycles. The third kappa shape index (κ3) is 3.61. The number of halogens is 2. The first-order valence-corrected chi connectivity index (χ1v) is 7.79. The van der Waals surface area contributed by atoms with Crippen LogP contribution in [0.2, 0.25) is 10.0 Å².